The second-order valence-corrected chi connectivity index (χ2v) is 7.83. The highest BCUT2D eigenvalue weighted by atomic mass is 16.2. The normalized spacial score (nSPS) is 25.3. The van der Waals surface area contributed by atoms with E-state index in [2.05, 4.69) is 39.9 Å². The van der Waals surface area contributed by atoms with Gasteiger partial charge in [-0.3, -0.25) is 19.6 Å². The molecule has 1 amide bonds. The first-order valence-corrected chi connectivity index (χ1v) is 9.03. The fourth-order valence-electron chi connectivity index (χ4n) is 4.19. The van der Waals surface area contributed by atoms with Crippen molar-refractivity contribution < 1.29 is 4.79 Å². The molecule has 1 spiro atoms. The van der Waals surface area contributed by atoms with E-state index in [1.807, 2.05) is 14.1 Å². The zero-order chi connectivity index (χ0) is 17.2. The molecular formula is C19H30N4O. The first-order chi connectivity index (χ1) is 11.5. The summed E-state index contributed by atoms with van der Waals surface area (Å²) >= 11 is 0. The smallest absolute Gasteiger partial charge is 0.236 e. The van der Waals surface area contributed by atoms with Gasteiger partial charge in [0.25, 0.3) is 0 Å². The molecule has 0 saturated carbocycles. The first kappa shape index (κ1) is 17.4. The maximum Gasteiger partial charge on any atom is 0.236 e. The van der Waals surface area contributed by atoms with Crippen LogP contribution in [0.25, 0.3) is 0 Å². The number of carbonyl (C=O) groups is 1. The third-order valence-corrected chi connectivity index (χ3v) is 5.45. The van der Waals surface area contributed by atoms with Gasteiger partial charge in [-0.15, -0.1) is 0 Å². The van der Waals surface area contributed by atoms with Gasteiger partial charge >= 0.3 is 0 Å². The fourth-order valence-corrected chi connectivity index (χ4v) is 4.19. The number of hydrogen-bond acceptors (Lipinski definition) is 4. The van der Waals surface area contributed by atoms with E-state index in [0.29, 0.717) is 12.0 Å². The second-order valence-electron chi connectivity index (χ2n) is 7.83. The van der Waals surface area contributed by atoms with Crippen molar-refractivity contribution in [3.05, 3.63) is 29.6 Å². The van der Waals surface area contributed by atoms with Crippen LogP contribution in [0.5, 0.6) is 0 Å². The van der Waals surface area contributed by atoms with Crippen LogP contribution in [0.4, 0.5) is 0 Å². The number of aromatic nitrogens is 1. The molecular weight excluding hydrogens is 300 g/mol. The molecule has 24 heavy (non-hydrogen) atoms. The first-order valence-electron chi connectivity index (χ1n) is 9.03. The molecule has 2 saturated heterocycles. The summed E-state index contributed by atoms with van der Waals surface area (Å²) < 4.78 is 0. The number of likely N-dealkylation sites (N-methyl/N-ethyl adjacent to an activating group) is 1. The Labute approximate surface area is 145 Å². The second kappa shape index (κ2) is 7.19. The lowest BCUT2D eigenvalue weighted by Crippen LogP contribution is -2.48. The van der Waals surface area contributed by atoms with Gasteiger partial charge in [-0.1, -0.05) is 6.07 Å². The van der Waals surface area contributed by atoms with Gasteiger partial charge in [-0.25, -0.2) is 0 Å². The third kappa shape index (κ3) is 4.14. The van der Waals surface area contributed by atoms with E-state index in [4.69, 9.17) is 0 Å². The van der Waals surface area contributed by atoms with Gasteiger partial charge in [0.05, 0.1) is 12.2 Å². The molecule has 0 aromatic carbocycles. The summed E-state index contributed by atoms with van der Waals surface area (Å²) in [7, 11) is 3.68. The van der Waals surface area contributed by atoms with Crippen molar-refractivity contribution in [1.29, 1.82) is 0 Å². The van der Waals surface area contributed by atoms with Crippen LogP contribution < -0.4 is 0 Å². The SMILES string of the molecule is Cc1cccc(CN2CCC3(CCCN(CC(=O)N(C)C)C3)C2)n1. The highest BCUT2D eigenvalue weighted by Crippen LogP contribution is 2.39. The maximum atomic E-state index is 12.0. The Morgan fingerprint density at radius 1 is 1.21 bits per heavy atom. The van der Waals surface area contributed by atoms with Crippen LogP contribution in [0.3, 0.4) is 0 Å². The zero-order valence-electron chi connectivity index (χ0n) is 15.3. The lowest BCUT2D eigenvalue weighted by Gasteiger charge is -2.40. The summed E-state index contributed by atoms with van der Waals surface area (Å²) in [5.41, 5.74) is 2.63. The molecule has 0 aliphatic carbocycles. The largest absolute Gasteiger partial charge is 0.348 e. The fraction of sp³-hybridized carbons (Fsp3) is 0.684. The molecule has 0 radical (unpaired) electrons. The average Bonchev–Trinajstić information content (AvgIpc) is 2.89. The molecule has 1 aromatic rings. The predicted molar refractivity (Wildman–Crippen MR) is 95.7 cm³/mol. The van der Waals surface area contributed by atoms with E-state index in [0.717, 1.165) is 38.4 Å². The molecule has 3 rings (SSSR count). The standard InChI is InChI=1S/C19H30N4O/c1-16-6-4-7-17(20-16)12-23-11-9-19(15-23)8-5-10-22(14-19)13-18(24)21(2)3/h4,6-7H,5,8-15H2,1-3H3. The van der Waals surface area contributed by atoms with Crippen molar-refractivity contribution in [1.82, 2.24) is 19.7 Å². The topological polar surface area (TPSA) is 39.7 Å². The Balaban J connectivity index is 1.58. The number of carbonyl (C=O) groups excluding carboxylic acids is 1. The number of nitrogens with zero attached hydrogens (tertiary/aromatic N) is 4. The predicted octanol–water partition coefficient (Wildman–Crippen LogP) is 1.77. The molecule has 2 fully saturated rings. The van der Waals surface area contributed by atoms with Crippen molar-refractivity contribution >= 4 is 5.91 Å². The van der Waals surface area contributed by atoms with Crippen molar-refractivity contribution in [2.45, 2.75) is 32.7 Å². The number of aryl methyl sites for hydroxylation is 1. The Hall–Kier alpha value is -1.46. The van der Waals surface area contributed by atoms with Crippen molar-refractivity contribution in [3.8, 4) is 0 Å². The van der Waals surface area contributed by atoms with E-state index < -0.39 is 0 Å². The Morgan fingerprint density at radius 2 is 2.00 bits per heavy atom. The zero-order valence-corrected chi connectivity index (χ0v) is 15.3. The van der Waals surface area contributed by atoms with Crippen molar-refractivity contribution in [3.63, 3.8) is 0 Å². The van der Waals surface area contributed by atoms with Crippen LogP contribution in [0.1, 0.15) is 30.7 Å². The Morgan fingerprint density at radius 3 is 2.75 bits per heavy atom. The van der Waals surface area contributed by atoms with E-state index >= 15 is 0 Å². The summed E-state index contributed by atoms with van der Waals surface area (Å²) in [6, 6.07) is 6.27. The molecule has 3 heterocycles. The van der Waals surface area contributed by atoms with Gasteiger partial charge in [-0.2, -0.15) is 0 Å². The van der Waals surface area contributed by atoms with Crippen LogP contribution in [-0.2, 0) is 11.3 Å². The number of amides is 1. The van der Waals surface area contributed by atoms with E-state index in [1.54, 1.807) is 4.90 Å². The van der Waals surface area contributed by atoms with E-state index in [1.165, 1.54) is 25.0 Å². The molecule has 0 N–H and O–H groups in total. The minimum absolute atomic E-state index is 0.214. The van der Waals surface area contributed by atoms with Crippen molar-refractivity contribution in [2.24, 2.45) is 5.41 Å². The van der Waals surface area contributed by atoms with E-state index in [9.17, 15) is 4.79 Å². The Bertz CT molecular complexity index is 588. The number of rotatable bonds is 4. The van der Waals surface area contributed by atoms with Crippen LogP contribution in [0.15, 0.2) is 18.2 Å². The highest BCUT2D eigenvalue weighted by Gasteiger charge is 2.41. The van der Waals surface area contributed by atoms with Crippen molar-refractivity contribution in [2.75, 3.05) is 46.8 Å². The van der Waals surface area contributed by atoms with Crippen LogP contribution >= 0.6 is 0 Å². The molecule has 2 aliphatic rings. The molecule has 0 bridgehead atoms. The highest BCUT2D eigenvalue weighted by molar-refractivity contribution is 5.77. The molecule has 5 nitrogen and oxygen atoms in total. The minimum Gasteiger partial charge on any atom is -0.348 e. The number of pyridine rings is 1. The van der Waals surface area contributed by atoms with E-state index in [-0.39, 0.29) is 5.91 Å². The number of piperidine rings is 1. The average molecular weight is 330 g/mol. The summed E-state index contributed by atoms with van der Waals surface area (Å²) in [6.45, 7) is 7.95. The summed E-state index contributed by atoms with van der Waals surface area (Å²) in [6.07, 6.45) is 3.74. The van der Waals surface area contributed by atoms with Crippen LogP contribution in [-0.4, -0.2) is 72.4 Å². The minimum atomic E-state index is 0.214. The molecule has 1 unspecified atom stereocenters. The van der Waals surface area contributed by atoms with Gasteiger partial charge < -0.3 is 4.90 Å². The molecule has 132 valence electrons. The summed E-state index contributed by atoms with van der Waals surface area (Å²) in [4.78, 5) is 23.3. The summed E-state index contributed by atoms with van der Waals surface area (Å²) in [5.74, 6) is 0.214. The maximum absolute atomic E-state index is 12.0. The lowest BCUT2D eigenvalue weighted by atomic mass is 9.79. The number of hydrogen-bond donors (Lipinski definition) is 0. The lowest BCUT2D eigenvalue weighted by molar-refractivity contribution is -0.130. The monoisotopic (exact) mass is 330 g/mol. The Kier molecular flexibility index (Phi) is 5.21. The third-order valence-electron chi connectivity index (χ3n) is 5.45. The molecule has 2 aliphatic heterocycles. The number of likely N-dealkylation sites (tertiary alicyclic amines) is 2. The van der Waals surface area contributed by atoms with Crippen LogP contribution in [0.2, 0.25) is 0 Å². The van der Waals surface area contributed by atoms with Gasteiger partial charge in [0.2, 0.25) is 5.91 Å². The molecule has 1 aromatic heterocycles. The van der Waals surface area contributed by atoms with Gasteiger partial charge in [0.1, 0.15) is 0 Å². The quantitative estimate of drug-likeness (QED) is 0.843. The van der Waals surface area contributed by atoms with Crippen LogP contribution in [0, 0.1) is 12.3 Å². The van der Waals surface area contributed by atoms with Gasteiger partial charge in [0.15, 0.2) is 0 Å². The molecule has 1 atom stereocenters. The molecule has 5 heteroatoms. The van der Waals surface area contributed by atoms with Gasteiger partial charge in [0, 0.05) is 39.4 Å². The van der Waals surface area contributed by atoms with Gasteiger partial charge in [-0.05, 0) is 56.8 Å². The summed E-state index contributed by atoms with van der Waals surface area (Å²) in [5, 5.41) is 0.